The van der Waals surface area contributed by atoms with Crippen LogP contribution in [0.3, 0.4) is 0 Å². The number of nitrogens with one attached hydrogen (secondary N) is 1. The maximum atomic E-state index is 13.3. The highest BCUT2D eigenvalue weighted by Crippen LogP contribution is 2.23. The maximum Gasteiger partial charge on any atom is 0.261 e. The molecule has 0 aliphatic rings. The zero-order valence-corrected chi connectivity index (χ0v) is 17.6. The number of ether oxygens (including phenoxy) is 1. The van der Waals surface area contributed by atoms with Gasteiger partial charge in [0, 0.05) is 6.54 Å². The van der Waals surface area contributed by atoms with Gasteiger partial charge in [-0.3, -0.25) is 9.59 Å². The summed E-state index contributed by atoms with van der Waals surface area (Å²) in [5.41, 5.74) is 0.679. The average molecular weight is 445 g/mol. The fourth-order valence-corrected chi connectivity index (χ4v) is 3.08. The summed E-state index contributed by atoms with van der Waals surface area (Å²) >= 11 is 6.08. The van der Waals surface area contributed by atoms with Crippen LogP contribution in [0.5, 0.6) is 5.75 Å². The summed E-state index contributed by atoms with van der Waals surface area (Å²) < 4.78 is 24.0. The van der Waals surface area contributed by atoms with E-state index in [1.165, 1.54) is 23.3 Å². The van der Waals surface area contributed by atoms with Gasteiger partial charge in [0.1, 0.15) is 23.4 Å². The normalized spacial score (nSPS) is 11.6. The lowest BCUT2D eigenvalue weighted by Crippen LogP contribution is -2.48. The number of nitrogens with zero attached hydrogens (tertiary/aromatic N) is 1. The molecular formula is C23H22ClFN2O4. The Bertz CT molecular complexity index is 1010. The van der Waals surface area contributed by atoms with E-state index in [1.807, 2.05) is 0 Å². The molecule has 0 saturated heterocycles. The molecule has 0 unspecified atom stereocenters. The monoisotopic (exact) mass is 444 g/mol. The second-order valence-corrected chi connectivity index (χ2v) is 7.25. The summed E-state index contributed by atoms with van der Waals surface area (Å²) in [5, 5.41) is 3.13. The molecule has 0 spiro atoms. The molecule has 0 aliphatic carbocycles. The Morgan fingerprint density at radius 2 is 1.87 bits per heavy atom. The molecule has 1 heterocycles. The van der Waals surface area contributed by atoms with Crippen molar-refractivity contribution in [3.05, 3.63) is 89.1 Å². The number of para-hydroxylation sites is 1. The van der Waals surface area contributed by atoms with Gasteiger partial charge in [-0.25, -0.2) is 4.39 Å². The van der Waals surface area contributed by atoms with Crippen LogP contribution in [0.15, 0.2) is 71.3 Å². The first-order valence-corrected chi connectivity index (χ1v) is 10.0. The van der Waals surface area contributed by atoms with E-state index >= 15 is 0 Å². The molecule has 3 aromatic rings. The molecule has 6 nitrogen and oxygen atoms in total. The van der Waals surface area contributed by atoms with Crippen molar-refractivity contribution in [2.24, 2.45) is 0 Å². The first-order valence-electron chi connectivity index (χ1n) is 9.65. The maximum absolute atomic E-state index is 13.3. The summed E-state index contributed by atoms with van der Waals surface area (Å²) in [4.78, 5) is 27.0. The Kier molecular flexibility index (Phi) is 7.67. The van der Waals surface area contributed by atoms with Crippen LogP contribution in [-0.2, 0) is 22.7 Å². The summed E-state index contributed by atoms with van der Waals surface area (Å²) in [5.74, 6) is -0.185. The lowest BCUT2D eigenvalue weighted by Gasteiger charge is -2.28. The van der Waals surface area contributed by atoms with Crippen molar-refractivity contribution in [2.75, 3.05) is 6.61 Å². The molecule has 0 bridgehead atoms. The molecule has 8 heteroatoms. The van der Waals surface area contributed by atoms with E-state index in [9.17, 15) is 14.0 Å². The molecule has 0 aliphatic heterocycles. The fraction of sp³-hybridized carbons (Fsp3) is 0.217. The van der Waals surface area contributed by atoms with E-state index in [0.29, 0.717) is 22.1 Å². The van der Waals surface area contributed by atoms with Gasteiger partial charge in [-0.2, -0.15) is 0 Å². The number of hydrogen-bond donors (Lipinski definition) is 1. The van der Waals surface area contributed by atoms with Crippen molar-refractivity contribution in [3.8, 4) is 5.75 Å². The number of hydrogen-bond acceptors (Lipinski definition) is 4. The van der Waals surface area contributed by atoms with Crippen molar-refractivity contribution in [2.45, 2.75) is 26.1 Å². The summed E-state index contributed by atoms with van der Waals surface area (Å²) in [6.07, 6.45) is 1.52. The SMILES string of the molecule is C[C@@H](C(=O)NCc1ccco1)N(Cc1ccc(F)cc1)C(=O)COc1ccccc1Cl. The number of rotatable bonds is 9. The van der Waals surface area contributed by atoms with Crippen LogP contribution in [0.2, 0.25) is 5.02 Å². The Morgan fingerprint density at radius 3 is 2.55 bits per heavy atom. The highest BCUT2D eigenvalue weighted by molar-refractivity contribution is 6.32. The van der Waals surface area contributed by atoms with Crippen molar-refractivity contribution in [1.82, 2.24) is 10.2 Å². The highest BCUT2D eigenvalue weighted by atomic mass is 35.5. The van der Waals surface area contributed by atoms with Crippen LogP contribution < -0.4 is 10.1 Å². The minimum Gasteiger partial charge on any atom is -0.482 e. The molecule has 0 saturated carbocycles. The molecule has 0 fully saturated rings. The van der Waals surface area contributed by atoms with Crippen LogP contribution in [0.25, 0.3) is 0 Å². The molecule has 1 aromatic heterocycles. The standard InChI is InChI=1S/C23H22ClFN2O4/c1-16(23(29)26-13-19-5-4-12-30-19)27(14-17-8-10-18(25)11-9-17)22(28)15-31-21-7-3-2-6-20(21)24/h2-12,16H,13-15H2,1H3,(H,26,29)/t16-/m0/s1. The molecule has 2 aromatic carbocycles. The molecule has 1 N–H and O–H groups in total. The zero-order valence-electron chi connectivity index (χ0n) is 16.9. The van der Waals surface area contributed by atoms with Crippen LogP contribution in [0.4, 0.5) is 4.39 Å². The van der Waals surface area contributed by atoms with Gasteiger partial charge in [-0.05, 0) is 48.9 Å². The minimum atomic E-state index is -0.803. The van der Waals surface area contributed by atoms with Gasteiger partial charge in [0.2, 0.25) is 5.91 Å². The van der Waals surface area contributed by atoms with Crippen molar-refractivity contribution < 1.29 is 23.1 Å². The molecule has 162 valence electrons. The smallest absolute Gasteiger partial charge is 0.261 e. The first kappa shape index (κ1) is 22.4. The van der Waals surface area contributed by atoms with E-state index < -0.39 is 11.9 Å². The fourth-order valence-electron chi connectivity index (χ4n) is 2.89. The number of carbonyl (C=O) groups excluding carboxylic acids is 2. The minimum absolute atomic E-state index is 0.111. The van der Waals surface area contributed by atoms with E-state index in [2.05, 4.69) is 5.32 Å². The molecule has 31 heavy (non-hydrogen) atoms. The summed E-state index contributed by atoms with van der Waals surface area (Å²) in [7, 11) is 0. The second-order valence-electron chi connectivity index (χ2n) is 6.84. The van der Waals surface area contributed by atoms with Crippen LogP contribution >= 0.6 is 11.6 Å². The third-order valence-corrected chi connectivity index (χ3v) is 4.95. The Morgan fingerprint density at radius 1 is 1.13 bits per heavy atom. The van der Waals surface area contributed by atoms with Crippen LogP contribution in [-0.4, -0.2) is 29.4 Å². The predicted molar refractivity (Wildman–Crippen MR) is 114 cm³/mol. The largest absolute Gasteiger partial charge is 0.482 e. The topological polar surface area (TPSA) is 71.8 Å². The summed E-state index contributed by atoms with van der Waals surface area (Å²) in [6.45, 7) is 1.63. The van der Waals surface area contributed by atoms with Gasteiger partial charge in [0.25, 0.3) is 5.91 Å². The number of halogens is 2. The molecular weight excluding hydrogens is 423 g/mol. The van der Waals surface area contributed by atoms with Gasteiger partial charge < -0.3 is 19.4 Å². The first-order chi connectivity index (χ1) is 14.9. The van der Waals surface area contributed by atoms with Crippen molar-refractivity contribution in [3.63, 3.8) is 0 Å². The van der Waals surface area contributed by atoms with Crippen LogP contribution in [0.1, 0.15) is 18.2 Å². The van der Waals surface area contributed by atoms with Gasteiger partial charge in [-0.15, -0.1) is 0 Å². The number of amides is 2. The lowest BCUT2D eigenvalue weighted by molar-refractivity contribution is -0.142. The number of carbonyl (C=O) groups is 2. The zero-order chi connectivity index (χ0) is 22.2. The highest BCUT2D eigenvalue weighted by Gasteiger charge is 2.26. The number of furan rings is 1. The molecule has 2 amide bonds. The Hall–Kier alpha value is -3.32. The van der Waals surface area contributed by atoms with Gasteiger partial charge >= 0.3 is 0 Å². The van der Waals surface area contributed by atoms with E-state index in [1.54, 1.807) is 55.5 Å². The number of benzene rings is 2. The third kappa shape index (κ3) is 6.33. The average Bonchev–Trinajstić information content (AvgIpc) is 3.29. The quantitative estimate of drug-likeness (QED) is 0.537. The Balaban J connectivity index is 1.70. The molecule has 3 rings (SSSR count). The van der Waals surface area contributed by atoms with Gasteiger partial charge in [0.05, 0.1) is 17.8 Å². The third-order valence-electron chi connectivity index (χ3n) is 4.64. The molecule has 0 radical (unpaired) electrons. The Labute approximate surface area is 184 Å². The summed E-state index contributed by atoms with van der Waals surface area (Å²) in [6, 6.07) is 15.2. The predicted octanol–water partition coefficient (Wildman–Crippen LogP) is 4.18. The van der Waals surface area contributed by atoms with E-state index in [0.717, 1.165) is 0 Å². The van der Waals surface area contributed by atoms with Crippen molar-refractivity contribution >= 4 is 23.4 Å². The molecule has 1 atom stereocenters. The van der Waals surface area contributed by atoms with E-state index in [4.69, 9.17) is 20.8 Å². The second kappa shape index (κ2) is 10.6. The van der Waals surface area contributed by atoms with Crippen molar-refractivity contribution in [1.29, 1.82) is 0 Å². The van der Waals surface area contributed by atoms with Gasteiger partial charge in [-0.1, -0.05) is 35.9 Å². The van der Waals surface area contributed by atoms with E-state index in [-0.39, 0.29) is 31.4 Å². The van der Waals surface area contributed by atoms with Crippen LogP contribution in [0, 0.1) is 5.82 Å². The van der Waals surface area contributed by atoms with Gasteiger partial charge in [0.15, 0.2) is 6.61 Å². The lowest BCUT2D eigenvalue weighted by atomic mass is 10.1.